The van der Waals surface area contributed by atoms with Crippen molar-refractivity contribution >= 4 is 17.2 Å². The number of nitrogens with zero attached hydrogens (tertiary/aromatic N) is 2. The Morgan fingerprint density at radius 1 is 1.15 bits per heavy atom. The lowest BCUT2D eigenvalue weighted by Crippen LogP contribution is -2.31. The zero-order valence-corrected chi connectivity index (χ0v) is 15.7. The Morgan fingerprint density at radius 2 is 1.85 bits per heavy atom. The van der Waals surface area contributed by atoms with Crippen LogP contribution in [0.3, 0.4) is 0 Å². The second kappa shape index (κ2) is 8.23. The summed E-state index contributed by atoms with van der Waals surface area (Å²) >= 11 is 1.58. The van der Waals surface area contributed by atoms with E-state index in [-0.39, 0.29) is 24.2 Å². The van der Waals surface area contributed by atoms with Gasteiger partial charge in [-0.1, -0.05) is 42.5 Å². The molecule has 0 spiro atoms. The molecule has 0 aliphatic heterocycles. The number of benzene rings is 2. The van der Waals surface area contributed by atoms with Gasteiger partial charge in [-0.25, -0.2) is 9.37 Å². The number of aromatic nitrogens is 1. The first-order valence-corrected chi connectivity index (χ1v) is 9.39. The highest BCUT2D eigenvalue weighted by Gasteiger charge is 2.19. The van der Waals surface area contributed by atoms with Crippen molar-refractivity contribution in [3.8, 4) is 0 Å². The number of hydrogen-bond acceptors (Lipinski definition) is 3. The predicted octanol–water partition coefficient (Wildman–Crippen LogP) is 4.64. The highest BCUT2D eigenvalue weighted by molar-refractivity contribution is 7.09. The van der Waals surface area contributed by atoms with Crippen LogP contribution in [-0.4, -0.2) is 22.8 Å². The topological polar surface area (TPSA) is 33.2 Å². The number of likely N-dealkylation sites (N-methyl/N-ethyl adjacent to an activating group) is 1. The quantitative estimate of drug-likeness (QED) is 0.635. The van der Waals surface area contributed by atoms with Crippen molar-refractivity contribution in [3.63, 3.8) is 0 Å². The summed E-state index contributed by atoms with van der Waals surface area (Å²) < 4.78 is 13.1. The van der Waals surface area contributed by atoms with Gasteiger partial charge in [-0.15, -0.1) is 11.3 Å². The molecule has 0 fully saturated rings. The minimum absolute atomic E-state index is 0.00149. The standard InChI is InChI=1S/C21H21FN2OS/c1-15(17-8-10-18(22)11-9-17)24(2)21(25)13-19-14-26-20(23-19)12-16-6-4-3-5-7-16/h3-11,14-15H,12-13H2,1-2H3/t15-/m0/s1. The van der Waals surface area contributed by atoms with Crippen molar-refractivity contribution < 1.29 is 9.18 Å². The number of carbonyl (C=O) groups excluding carboxylic acids is 1. The molecular weight excluding hydrogens is 347 g/mol. The van der Waals surface area contributed by atoms with Gasteiger partial charge < -0.3 is 4.90 Å². The average Bonchev–Trinajstić information content (AvgIpc) is 3.08. The van der Waals surface area contributed by atoms with Crippen molar-refractivity contribution in [3.05, 3.63) is 87.6 Å². The van der Waals surface area contributed by atoms with Crippen molar-refractivity contribution in [1.82, 2.24) is 9.88 Å². The van der Waals surface area contributed by atoms with Crippen molar-refractivity contribution in [2.24, 2.45) is 0 Å². The Labute approximate surface area is 157 Å². The van der Waals surface area contributed by atoms with Crippen molar-refractivity contribution in [2.45, 2.75) is 25.8 Å². The van der Waals surface area contributed by atoms with Crippen LogP contribution in [0, 0.1) is 5.82 Å². The molecule has 3 rings (SSSR count). The lowest BCUT2D eigenvalue weighted by atomic mass is 10.1. The molecule has 0 aliphatic carbocycles. The summed E-state index contributed by atoms with van der Waals surface area (Å²) in [6, 6.07) is 16.3. The Bertz CT molecular complexity index is 861. The van der Waals surface area contributed by atoms with E-state index >= 15 is 0 Å². The lowest BCUT2D eigenvalue weighted by Gasteiger charge is -2.25. The first-order valence-electron chi connectivity index (χ1n) is 8.51. The smallest absolute Gasteiger partial charge is 0.228 e. The van der Waals surface area contributed by atoms with E-state index in [2.05, 4.69) is 17.1 Å². The van der Waals surface area contributed by atoms with E-state index in [1.54, 1.807) is 35.4 Å². The molecule has 0 saturated heterocycles. The number of hydrogen-bond donors (Lipinski definition) is 0. The Morgan fingerprint density at radius 3 is 2.54 bits per heavy atom. The minimum Gasteiger partial charge on any atom is -0.339 e. The largest absolute Gasteiger partial charge is 0.339 e. The van der Waals surface area contributed by atoms with E-state index in [9.17, 15) is 9.18 Å². The van der Waals surface area contributed by atoms with Gasteiger partial charge in [-0.2, -0.15) is 0 Å². The van der Waals surface area contributed by atoms with Crippen LogP contribution in [0.1, 0.15) is 34.8 Å². The number of thiazole rings is 1. The van der Waals surface area contributed by atoms with Gasteiger partial charge in [0, 0.05) is 18.8 Å². The lowest BCUT2D eigenvalue weighted by molar-refractivity contribution is -0.131. The maximum Gasteiger partial charge on any atom is 0.228 e. The van der Waals surface area contributed by atoms with Gasteiger partial charge in [0.25, 0.3) is 0 Å². The number of amides is 1. The molecule has 1 aromatic heterocycles. The van der Waals surface area contributed by atoms with E-state index < -0.39 is 0 Å². The summed E-state index contributed by atoms with van der Waals surface area (Å²) in [7, 11) is 1.77. The van der Waals surface area contributed by atoms with Crippen LogP contribution in [0.2, 0.25) is 0 Å². The zero-order valence-electron chi connectivity index (χ0n) is 14.9. The fraction of sp³-hybridized carbons (Fsp3) is 0.238. The van der Waals surface area contributed by atoms with Gasteiger partial charge in [0.1, 0.15) is 5.82 Å². The maximum atomic E-state index is 13.1. The van der Waals surface area contributed by atoms with E-state index in [4.69, 9.17) is 0 Å². The average molecular weight is 368 g/mol. The monoisotopic (exact) mass is 368 g/mol. The summed E-state index contributed by atoms with van der Waals surface area (Å²) in [5, 5.41) is 2.96. The van der Waals surface area contributed by atoms with E-state index in [0.717, 1.165) is 22.7 Å². The molecule has 2 aromatic carbocycles. The highest BCUT2D eigenvalue weighted by Crippen LogP contribution is 2.21. The SMILES string of the molecule is C[C@@H](c1ccc(F)cc1)N(C)C(=O)Cc1csc(Cc2ccccc2)n1. The second-order valence-corrected chi connectivity index (χ2v) is 7.25. The molecule has 5 heteroatoms. The van der Waals surface area contributed by atoms with E-state index in [1.165, 1.54) is 17.7 Å². The fourth-order valence-corrected chi connectivity index (χ4v) is 3.57. The Kier molecular flexibility index (Phi) is 5.78. The van der Waals surface area contributed by atoms with Crippen LogP contribution in [0.5, 0.6) is 0 Å². The molecule has 26 heavy (non-hydrogen) atoms. The maximum absolute atomic E-state index is 13.1. The van der Waals surface area contributed by atoms with Gasteiger partial charge >= 0.3 is 0 Å². The van der Waals surface area contributed by atoms with Crippen LogP contribution in [0.15, 0.2) is 60.0 Å². The van der Waals surface area contributed by atoms with Crippen molar-refractivity contribution in [2.75, 3.05) is 7.05 Å². The zero-order chi connectivity index (χ0) is 18.5. The van der Waals surface area contributed by atoms with Crippen molar-refractivity contribution in [1.29, 1.82) is 0 Å². The molecule has 134 valence electrons. The summed E-state index contributed by atoms with van der Waals surface area (Å²) in [5.74, 6) is -0.276. The summed E-state index contributed by atoms with van der Waals surface area (Å²) in [5.41, 5.74) is 2.91. The number of carbonyl (C=O) groups is 1. The number of rotatable bonds is 6. The van der Waals surface area contributed by atoms with Gasteiger partial charge in [0.15, 0.2) is 0 Å². The third-order valence-electron chi connectivity index (χ3n) is 4.46. The predicted molar refractivity (Wildman–Crippen MR) is 103 cm³/mol. The molecule has 0 N–H and O–H groups in total. The first-order chi connectivity index (χ1) is 12.5. The highest BCUT2D eigenvalue weighted by atomic mass is 32.1. The fourth-order valence-electron chi connectivity index (χ4n) is 2.74. The molecule has 0 bridgehead atoms. The third-order valence-corrected chi connectivity index (χ3v) is 5.35. The molecule has 0 radical (unpaired) electrons. The molecule has 0 aliphatic rings. The Balaban J connectivity index is 1.61. The third kappa shape index (κ3) is 4.55. The molecule has 1 heterocycles. The van der Waals surface area contributed by atoms with Gasteiger partial charge in [0.2, 0.25) is 5.91 Å². The molecular formula is C21H21FN2OS. The van der Waals surface area contributed by atoms with Gasteiger partial charge in [-0.3, -0.25) is 4.79 Å². The number of halogens is 1. The first kappa shape index (κ1) is 18.3. The van der Waals surface area contributed by atoms with Crippen LogP contribution in [-0.2, 0) is 17.6 Å². The molecule has 0 unspecified atom stereocenters. The van der Waals surface area contributed by atoms with Gasteiger partial charge in [0.05, 0.1) is 23.2 Å². The van der Waals surface area contributed by atoms with Crippen LogP contribution in [0.4, 0.5) is 4.39 Å². The van der Waals surface area contributed by atoms with E-state index in [1.807, 2.05) is 30.5 Å². The summed E-state index contributed by atoms with van der Waals surface area (Å²) in [6.45, 7) is 1.94. The van der Waals surface area contributed by atoms with Gasteiger partial charge in [-0.05, 0) is 30.2 Å². The summed E-state index contributed by atoms with van der Waals surface area (Å²) in [6.07, 6.45) is 1.05. The second-order valence-electron chi connectivity index (χ2n) is 6.30. The Hall–Kier alpha value is -2.53. The molecule has 1 atom stereocenters. The molecule has 0 saturated carbocycles. The van der Waals surface area contributed by atoms with E-state index in [0.29, 0.717) is 0 Å². The molecule has 3 aromatic rings. The normalized spacial score (nSPS) is 12.0. The minimum atomic E-state index is -0.275. The summed E-state index contributed by atoms with van der Waals surface area (Å²) in [4.78, 5) is 18.9. The van der Waals surface area contributed by atoms with Crippen LogP contribution in [0.25, 0.3) is 0 Å². The van der Waals surface area contributed by atoms with Crippen LogP contribution >= 0.6 is 11.3 Å². The van der Waals surface area contributed by atoms with Crippen LogP contribution < -0.4 is 0 Å². The molecule has 3 nitrogen and oxygen atoms in total. The molecule has 1 amide bonds.